The summed E-state index contributed by atoms with van der Waals surface area (Å²) in [6.07, 6.45) is 0.714. The van der Waals surface area contributed by atoms with Gasteiger partial charge in [0.25, 0.3) is 5.69 Å². The Morgan fingerprint density at radius 2 is 2.20 bits per heavy atom. The van der Waals surface area contributed by atoms with E-state index in [1.54, 1.807) is 0 Å². The van der Waals surface area contributed by atoms with Gasteiger partial charge >= 0.3 is 0 Å². The van der Waals surface area contributed by atoms with E-state index in [1.165, 1.54) is 22.5 Å². The lowest BCUT2D eigenvalue weighted by atomic mass is 10.0. The van der Waals surface area contributed by atoms with Gasteiger partial charge in [-0.3, -0.25) is 10.1 Å². The predicted octanol–water partition coefficient (Wildman–Crippen LogP) is 0.953. The van der Waals surface area contributed by atoms with Crippen LogP contribution in [0.25, 0.3) is 0 Å². The number of benzene rings is 1. The van der Waals surface area contributed by atoms with Gasteiger partial charge < -0.3 is 5.73 Å². The number of non-ortho nitro benzene ring substituents is 1. The lowest BCUT2D eigenvalue weighted by molar-refractivity contribution is -0.385. The highest BCUT2D eigenvalue weighted by Gasteiger charge is 2.34. The van der Waals surface area contributed by atoms with E-state index in [1.807, 2.05) is 6.92 Å². The zero-order chi connectivity index (χ0) is 14.9. The van der Waals surface area contributed by atoms with Crippen molar-refractivity contribution in [1.82, 2.24) is 4.31 Å². The summed E-state index contributed by atoms with van der Waals surface area (Å²) in [4.78, 5) is 10.1. The van der Waals surface area contributed by atoms with Gasteiger partial charge in [0.15, 0.2) is 0 Å². The molecule has 0 bridgehead atoms. The Bertz CT molecular complexity index is 615. The minimum Gasteiger partial charge on any atom is -0.328 e. The summed E-state index contributed by atoms with van der Waals surface area (Å²) >= 11 is 0. The number of nitrogens with two attached hydrogens (primary N) is 1. The monoisotopic (exact) mass is 299 g/mol. The SMILES string of the molecule is CC(N)C1CCN(S(=O)(=O)c2cccc([N+](=O)[O-])c2)C1. The van der Waals surface area contributed by atoms with Crippen LogP contribution < -0.4 is 5.73 Å². The normalized spacial score (nSPS) is 21.8. The van der Waals surface area contributed by atoms with Crippen molar-refractivity contribution in [2.24, 2.45) is 11.7 Å². The molecule has 2 atom stereocenters. The second kappa shape index (κ2) is 5.47. The third-order valence-corrected chi connectivity index (χ3v) is 5.46. The first-order valence-electron chi connectivity index (χ1n) is 6.32. The first-order chi connectivity index (χ1) is 9.32. The topological polar surface area (TPSA) is 107 Å². The van der Waals surface area contributed by atoms with Crippen LogP contribution in [-0.4, -0.2) is 36.8 Å². The molecule has 0 aromatic heterocycles. The van der Waals surface area contributed by atoms with Crippen molar-refractivity contribution in [3.63, 3.8) is 0 Å². The van der Waals surface area contributed by atoms with Gasteiger partial charge in [0.05, 0.1) is 9.82 Å². The van der Waals surface area contributed by atoms with Crippen LogP contribution in [0.3, 0.4) is 0 Å². The van der Waals surface area contributed by atoms with E-state index in [9.17, 15) is 18.5 Å². The number of nitro benzene ring substituents is 1. The van der Waals surface area contributed by atoms with Crippen LogP contribution in [0.2, 0.25) is 0 Å². The molecule has 7 nitrogen and oxygen atoms in total. The number of nitro groups is 1. The Labute approximate surface area is 117 Å². The summed E-state index contributed by atoms with van der Waals surface area (Å²) < 4.78 is 26.2. The summed E-state index contributed by atoms with van der Waals surface area (Å²) in [6.45, 7) is 2.62. The Hall–Kier alpha value is -1.51. The summed E-state index contributed by atoms with van der Waals surface area (Å²) in [5.74, 6) is 0.128. The molecule has 1 aliphatic heterocycles. The number of sulfonamides is 1. The Morgan fingerprint density at radius 1 is 1.50 bits per heavy atom. The van der Waals surface area contributed by atoms with Crippen LogP contribution in [0, 0.1) is 16.0 Å². The predicted molar refractivity (Wildman–Crippen MR) is 73.6 cm³/mol. The smallest absolute Gasteiger partial charge is 0.270 e. The molecule has 0 amide bonds. The van der Waals surface area contributed by atoms with Gasteiger partial charge in [-0.05, 0) is 25.3 Å². The second-order valence-electron chi connectivity index (χ2n) is 5.03. The number of nitrogens with zero attached hydrogens (tertiary/aromatic N) is 2. The van der Waals surface area contributed by atoms with Crippen molar-refractivity contribution in [3.05, 3.63) is 34.4 Å². The molecule has 1 fully saturated rings. The molecule has 2 unspecified atom stereocenters. The fourth-order valence-electron chi connectivity index (χ4n) is 2.31. The van der Waals surface area contributed by atoms with E-state index in [2.05, 4.69) is 0 Å². The highest BCUT2D eigenvalue weighted by molar-refractivity contribution is 7.89. The molecule has 1 aromatic carbocycles. The number of hydrogen-bond donors (Lipinski definition) is 1. The summed E-state index contributed by atoms with van der Waals surface area (Å²) in [7, 11) is -3.69. The molecule has 0 radical (unpaired) electrons. The van der Waals surface area contributed by atoms with Gasteiger partial charge in [0, 0.05) is 31.3 Å². The molecule has 1 heterocycles. The highest BCUT2D eigenvalue weighted by Crippen LogP contribution is 2.27. The van der Waals surface area contributed by atoms with Crippen LogP contribution in [0.5, 0.6) is 0 Å². The minimum absolute atomic E-state index is 0.0444. The molecular formula is C12H17N3O4S. The molecule has 1 aliphatic rings. The lowest BCUT2D eigenvalue weighted by Crippen LogP contribution is -2.33. The van der Waals surface area contributed by atoms with Crippen LogP contribution in [0.4, 0.5) is 5.69 Å². The second-order valence-corrected chi connectivity index (χ2v) is 6.96. The van der Waals surface area contributed by atoms with Crippen molar-refractivity contribution in [3.8, 4) is 0 Å². The fourth-order valence-corrected chi connectivity index (χ4v) is 3.86. The summed E-state index contributed by atoms with van der Waals surface area (Å²) in [5.41, 5.74) is 5.57. The maximum Gasteiger partial charge on any atom is 0.270 e. The summed E-state index contributed by atoms with van der Waals surface area (Å²) in [5, 5.41) is 10.7. The third kappa shape index (κ3) is 2.82. The average Bonchev–Trinajstić information content (AvgIpc) is 2.89. The van der Waals surface area contributed by atoms with Crippen LogP contribution in [0.1, 0.15) is 13.3 Å². The molecule has 1 saturated heterocycles. The highest BCUT2D eigenvalue weighted by atomic mass is 32.2. The Balaban J connectivity index is 2.27. The van der Waals surface area contributed by atoms with Crippen LogP contribution in [-0.2, 0) is 10.0 Å². The quantitative estimate of drug-likeness (QED) is 0.658. The van der Waals surface area contributed by atoms with Gasteiger partial charge in [-0.1, -0.05) is 6.07 Å². The van der Waals surface area contributed by atoms with E-state index < -0.39 is 14.9 Å². The molecule has 110 valence electrons. The van der Waals surface area contributed by atoms with E-state index in [0.29, 0.717) is 19.5 Å². The maximum absolute atomic E-state index is 12.4. The van der Waals surface area contributed by atoms with Crippen LogP contribution >= 0.6 is 0 Å². The Morgan fingerprint density at radius 3 is 2.75 bits per heavy atom. The van der Waals surface area contributed by atoms with Crippen molar-refractivity contribution in [2.45, 2.75) is 24.3 Å². The van der Waals surface area contributed by atoms with Crippen molar-refractivity contribution >= 4 is 15.7 Å². The van der Waals surface area contributed by atoms with E-state index in [-0.39, 0.29) is 22.5 Å². The molecule has 20 heavy (non-hydrogen) atoms. The molecule has 2 N–H and O–H groups in total. The molecule has 0 aliphatic carbocycles. The molecule has 1 aromatic rings. The van der Waals surface area contributed by atoms with Crippen molar-refractivity contribution in [2.75, 3.05) is 13.1 Å². The standard InChI is InChI=1S/C12H17N3O4S/c1-9(13)10-5-6-14(8-10)20(18,19)12-4-2-3-11(7-12)15(16)17/h2-4,7,9-10H,5-6,8,13H2,1H3. The summed E-state index contributed by atoms with van der Waals surface area (Å²) in [6, 6.07) is 5.05. The lowest BCUT2D eigenvalue weighted by Gasteiger charge is -2.18. The van der Waals surface area contributed by atoms with Crippen molar-refractivity contribution in [1.29, 1.82) is 0 Å². The first-order valence-corrected chi connectivity index (χ1v) is 7.76. The third-order valence-electron chi connectivity index (χ3n) is 3.60. The minimum atomic E-state index is -3.69. The maximum atomic E-state index is 12.4. The molecule has 0 saturated carbocycles. The van der Waals surface area contributed by atoms with Gasteiger partial charge in [0.1, 0.15) is 0 Å². The first kappa shape index (κ1) is 14.9. The molecular weight excluding hydrogens is 282 g/mol. The van der Waals surface area contributed by atoms with E-state index in [0.717, 1.165) is 6.07 Å². The average molecular weight is 299 g/mol. The van der Waals surface area contributed by atoms with Crippen LogP contribution in [0.15, 0.2) is 29.2 Å². The fraction of sp³-hybridized carbons (Fsp3) is 0.500. The molecule has 2 rings (SSSR count). The van der Waals surface area contributed by atoms with Gasteiger partial charge in [-0.25, -0.2) is 8.42 Å². The zero-order valence-corrected chi connectivity index (χ0v) is 11.9. The zero-order valence-electron chi connectivity index (χ0n) is 11.1. The van der Waals surface area contributed by atoms with Gasteiger partial charge in [-0.15, -0.1) is 0 Å². The largest absolute Gasteiger partial charge is 0.328 e. The number of rotatable bonds is 4. The van der Waals surface area contributed by atoms with Gasteiger partial charge in [-0.2, -0.15) is 4.31 Å². The van der Waals surface area contributed by atoms with Gasteiger partial charge in [0.2, 0.25) is 10.0 Å². The van der Waals surface area contributed by atoms with E-state index >= 15 is 0 Å². The molecule has 0 spiro atoms. The number of hydrogen-bond acceptors (Lipinski definition) is 5. The Kier molecular flexibility index (Phi) is 4.07. The molecule has 8 heteroatoms. The van der Waals surface area contributed by atoms with E-state index in [4.69, 9.17) is 5.73 Å². The van der Waals surface area contributed by atoms with Crippen molar-refractivity contribution < 1.29 is 13.3 Å².